The second kappa shape index (κ2) is 4.13. The van der Waals surface area contributed by atoms with Crippen molar-refractivity contribution in [2.75, 3.05) is 7.11 Å². The van der Waals surface area contributed by atoms with Crippen molar-refractivity contribution in [1.82, 2.24) is 0 Å². The van der Waals surface area contributed by atoms with Crippen LogP contribution >= 0.6 is 0 Å². The van der Waals surface area contributed by atoms with Crippen molar-refractivity contribution in [2.45, 2.75) is 20.8 Å². The van der Waals surface area contributed by atoms with E-state index in [1.165, 1.54) is 0 Å². The molecule has 0 saturated carbocycles. The predicted molar refractivity (Wildman–Crippen MR) is 39.5 cm³/mol. The zero-order valence-electron chi connectivity index (χ0n) is 6.43. The lowest BCUT2D eigenvalue weighted by Gasteiger charge is -1.95. The van der Waals surface area contributed by atoms with Gasteiger partial charge in [-0.1, -0.05) is 11.2 Å². The van der Waals surface area contributed by atoms with Crippen molar-refractivity contribution in [1.29, 1.82) is 0 Å². The van der Waals surface area contributed by atoms with Gasteiger partial charge in [-0.15, -0.1) is 0 Å². The lowest BCUT2D eigenvalue weighted by atomic mass is 10.2. The molecule has 0 aliphatic heterocycles. The molecule has 0 N–H and O–H groups in total. The highest BCUT2D eigenvalue weighted by atomic mass is 16.6. The highest BCUT2D eigenvalue weighted by Gasteiger charge is 1.90. The van der Waals surface area contributed by atoms with Crippen molar-refractivity contribution in [3.8, 4) is 0 Å². The maximum atomic E-state index is 4.57. The third kappa shape index (κ3) is 2.90. The molecule has 2 heteroatoms. The van der Waals surface area contributed by atoms with Crippen LogP contribution in [-0.2, 0) is 4.84 Å². The Kier molecular flexibility index (Phi) is 3.76. The summed E-state index contributed by atoms with van der Waals surface area (Å²) < 4.78 is 0. The summed E-state index contributed by atoms with van der Waals surface area (Å²) in [6.45, 7) is 5.89. The second-order valence-corrected chi connectivity index (χ2v) is 1.83. The average Bonchev–Trinajstić information content (AvgIpc) is 1.87. The Balaban J connectivity index is 4.03. The fourth-order valence-electron chi connectivity index (χ4n) is 0.418. The summed E-state index contributed by atoms with van der Waals surface area (Å²) in [7, 11) is 1.55. The fraction of sp³-hybridized carbons (Fsp3) is 0.571. The zero-order valence-corrected chi connectivity index (χ0v) is 6.43. The quantitative estimate of drug-likeness (QED) is 0.410. The smallest absolute Gasteiger partial charge is 0.106 e. The van der Waals surface area contributed by atoms with Gasteiger partial charge < -0.3 is 4.84 Å². The first-order valence-electron chi connectivity index (χ1n) is 2.93. The lowest BCUT2D eigenvalue weighted by Crippen LogP contribution is -1.92. The molecule has 0 unspecified atom stereocenters. The normalized spacial score (nSPS) is 13.8. The number of allylic oxidation sites excluding steroid dienone is 2. The van der Waals surface area contributed by atoms with Crippen LogP contribution in [0.2, 0.25) is 0 Å². The molecule has 0 fully saturated rings. The van der Waals surface area contributed by atoms with Crippen molar-refractivity contribution >= 4 is 5.71 Å². The fourth-order valence-corrected chi connectivity index (χ4v) is 0.418. The summed E-state index contributed by atoms with van der Waals surface area (Å²) in [5.74, 6) is 0. The third-order valence-electron chi connectivity index (χ3n) is 1.23. The van der Waals surface area contributed by atoms with E-state index < -0.39 is 0 Å². The van der Waals surface area contributed by atoms with Gasteiger partial charge in [-0.3, -0.25) is 0 Å². The van der Waals surface area contributed by atoms with Gasteiger partial charge in [0.2, 0.25) is 0 Å². The molecule has 0 aromatic carbocycles. The SMILES string of the molecule is C/C=C(C)/C(C)=N\OC. The van der Waals surface area contributed by atoms with E-state index in [2.05, 4.69) is 9.99 Å². The highest BCUT2D eigenvalue weighted by Crippen LogP contribution is 1.95. The van der Waals surface area contributed by atoms with E-state index in [0.29, 0.717) is 0 Å². The molecule has 0 aliphatic carbocycles. The van der Waals surface area contributed by atoms with E-state index in [1.807, 2.05) is 26.8 Å². The van der Waals surface area contributed by atoms with E-state index in [-0.39, 0.29) is 0 Å². The Morgan fingerprint density at radius 3 is 2.33 bits per heavy atom. The van der Waals surface area contributed by atoms with Crippen LogP contribution in [0.25, 0.3) is 0 Å². The highest BCUT2D eigenvalue weighted by molar-refractivity contribution is 5.97. The van der Waals surface area contributed by atoms with E-state index in [9.17, 15) is 0 Å². The molecule has 0 aromatic rings. The molecule has 0 amide bonds. The van der Waals surface area contributed by atoms with Gasteiger partial charge in [0.05, 0.1) is 5.71 Å². The zero-order chi connectivity index (χ0) is 7.28. The molecule has 0 atom stereocenters. The molecular weight excluding hydrogens is 114 g/mol. The maximum absolute atomic E-state index is 4.57. The van der Waals surface area contributed by atoms with Crippen LogP contribution in [0, 0.1) is 0 Å². The first-order chi connectivity index (χ1) is 4.22. The van der Waals surface area contributed by atoms with Crippen molar-refractivity contribution in [3.63, 3.8) is 0 Å². The topological polar surface area (TPSA) is 21.6 Å². The van der Waals surface area contributed by atoms with Crippen LogP contribution in [-0.4, -0.2) is 12.8 Å². The number of oxime groups is 1. The van der Waals surface area contributed by atoms with Crippen LogP contribution in [0.15, 0.2) is 16.8 Å². The van der Waals surface area contributed by atoms with Crippen molar-refractivity contribution in [2.24, 2.45) is 5.16 Å². The molecular formula is C7H13NO. The van der Waals surface area contributed by atoms with Crippen LogP contribution in [0.1, 0.15) is 20.8 Å². The Bertz CT molecular complexity index is 136. The van der Waals surface area contributed by atoms with Crippen LogP contribution in [0.5, 0.6) is 0 Å². The number of hydrogen-bond donors (Lipinski definition) is 0. The Labute approximate surface area is 56.2 Å². The van der Waals surface area contributed by atoms with Crippen LogP contribution in [0.3, 0.4) is 0 Å². The van der Waals surface area contributed by atoms with Gasteiger partial charge in [0.1, 0.15) is 7.11 Å². The standard InChI is InChI=1S/C7H13NO/c1-5-6(2)7(3)8-9-4/h5H,1-4H3/b6-5+,8-7-. The molecule has 52 valence electrons. The molecule has 0 aliphatic rings. The largest absolute Gasteiger partial charge is 0.399 e. The van der Waals surface area contributed by atoms with Crippen molar-refractivity contribution < 1.29 is 4.84 Å². The molecule has 2 nitrogen and oxygen atoms in total. The Hall–Kier alpha value is -0.790. The maximum Gasteiger partial charge on any atom is 0.106 e. The summed E-state index contributed by atoms with van der Waals surface area (Å²) >= 11 is 0. The summed E-state index contributed by atoms with van der Waals surface area (Å²) in [6.07, 6.45) is 2.00. The Morgan fingerprint density at radius 2 is 2.00 bits per heavy atom. The molecule has 0 rings (SSSR count). The van der Waals surface area contributed by atoms with Crippen LogP contribution in [0.4, 0.5) is 0 Å². The van der Waals surface area contributed by atoms with Gasteiger partial charge in [-0.25, -0.2) is 0 Å². The molecule has 0 radical (unpaired) electrons. The average molecular weight is 127 g/mol. The second-order valence-electron chi connectivity index (χ2n) is 1.83. The number of rotatable bonds is 2. The Morgan fingerprint density at radius 1 is 1.44 bits per heavy atom. The summed E-state index contributed by atoms with van der Waals surface area (Å²) in [5, 5.41) is 3.74. The molecule has 0 bridgehead atoms. The lowest BCUT2D eigenvalue weighted by molar-refractivity contribution is 0.213. The summed E-state index contributed by atoms with van der Waals surface area (Å²) in [6, 6.07) is 0. The molecule has 9 heavy (non-hydrogen) atoms. The van der Waals surface area contributed by atoms with Gasteiger partial charge >= 0.3 is 0 Å². The van der Waals surface area contributed by atoms with E-state index >= 15 is 0 Å². The van der Waals surface area contributed by atoms with Gasteiger partial charge in [-0.2, -0.15) is 0 Å². The van der Waals surface area contributed by atoms with Gasteiger partial charge in [0.25, 0.3) is 0 Å². The van der Waals surface area contributed by atoms with E-state index in [1.54, 1.807) is 7.11 Å². The molecule has 0 spiro atoms. The summed E-state index contributed by atoms with van der Waals surface area (Å²) in [5.41, 5.74) is 2.08. The number of nitrogens with zero attached hydrogens (tertiary/aromatic N) is 1. The molecule has 0 aromatic heterocycles. The van der Waals surface area contributed by atoms with E-state index in [4.69, 9.17) is 0 Å². The van der Waals surface area contributed by atoms with E-state index in [0.717, 1.165) is 11.3 Å². The van der Waals surface area contributed by atoms with Crippen LogP contribution < -0.4 is 0 Å². The molecule has 0 saturated heterocycles. The first kappa shape index (κ1) is 8.21. The molecule has 0 heterocycles. The summed E-state index contributed by atoms with van der Waals surface area (Å²) in [4.78, 5) is 4.57. The minimum atomic E-state index is 0.931. The number of hydrogen-bond acceptors (Lipinski definition) is 2. The minimum Gasteiger partial charge on any atom is -0.399 e. The third-order valence-corrected chi connectivity index (χ3v) is 1.23. The van der Waals surface area contributed by atoms with Gasteiger partial charge in [0, 0.05) is 0 Å². The minimum absolute atomic E-state index is 0.931. The van der Waals surface area contributed by atoms with Crippen molar-refractivity contribution in [3.05, 3.63) is 11.6 Å². The predicted octanol–water partition coefficient (Wildman–Crippen LogP) is 1.97. The van der Waals surface area contributed by atoms with Gasteiger partial charge in [-0.05, 0) is 26.3 Å². The monoisotopic (exact) mass is 127 g/mol. The van der Waals surface area contributed by atoms with Gasteiger partial charge in [0.15, 0.2) is 0 Å². The first-order valence-corrected chi connectivity index (χ1v) is 2.93.